The van der Waals surface area contributed by atoms with Crippen LogP contribution in [0.3, 0.4) is 0 Å². The lowest BCUT2D eigenvalue weighted by Crippen LogP contribution is -2.13. The molecule has 6 nitrogen and oxygen atoms in total. The molecule has 0 unspecified atom stereocenters. The zero-order chi connectivity index (χ0) is 14.4. The highest BCUT2D eigenvalue weighted by molar-refractivity contribution is 5.99. The molecule has 0 radical (unpaired) electrons. The third-order valence-corrected chi connectivity index (χ3v) is 2.48. The van der Waals surface area contributed by atoms with Crippen molar-refractivity contribution in [1.29, 1.82) is 0 Å². The predicted octanol–water partition coefficient (Wildman–Crippen LogP) is 1.55. The van der Waals surface area contributed by atoms with Crippen molar-refractivity contribution >= 4 is 11.8 Å². The van der Waals surface area contributed by atoms with Gasteiger partial charge in [0.2, 0.25) is 0 Å². The molecule has 0 saturated carbocycles. The normalized spacial score (nSPS) is 9.84. The van der Waals surface area contributed by atoms with Crippen LogP contribution in [-0.4, -0.2) is 37.7 Å². The fourth-order valence-electron chi connectivity index (χ4n) is 1.43. The minimum absolute atomic E-state index is 0.128. The van der Waals surface area contributed by atoms with E-state index in [1.54, 1.807) is 6.92 Å². The van der Waals surface area contributed by atoms with Gasteiger partial charge in [-0.15, -0.1) is 0 Å². The lowest BCUT2D eigenvalue weighted by atomic mass is 10.1. The molecule has 0 atom stereocenters. The smallest absolute Gasteiger partial charge is 0.343 e. The molecule has 1 N–H and O–H groups in total. The van der Waals surface area contributed by atoms with Crippen molar-refractivity contribution in [2.24, 2.45) is 0 Å². The summed E-state index contributed by atoms with van der Waals surface area (Å²) in [6, 6.07) is 2.62. The Morgan fingerprint density at radius 2 is 1.89 bits per heavy atom. The maximum absolute atomic E-state index is 11.6. The number of carbonyl (C=O) groups is 2. The number of phenolic OH excluding ortho intramolecular Hbond substituents is 1. The molecule has 1 aromatic carbocycles. The molecule has 0 aliphatic rings. The van der Waals surface area contributed by atoms with Gasteiger partial charge in [0.05, 0.1) is 19.8 Å². The lowest BCUT2D eigenvalue weighted by Gasteiger charge is -2.12. The van der Waals surface area contributed by atoms with Crippen molar-refractivity contribution in [2.45, 2.75) is 13.3 Å². The first-order chi connectivity index (χ1) is 9.03. The van der Waals surface area contributed by atoms with Crippen LogP contribution in [0.5, 0.6) is 17.2 Å². The van der Waals surface area contributed by atoms with Gasteiger partial charge in [-0.1, -0.05) is 6.92 Å². The van der Waals surface area contributed by atoms with Crippen molar-refractivity contribution in [2.75, 3.05) is 20.8 Å². The van der Waals surface area contributed by atoms with Crippen LogP contribution < -0.4 is 9.47 Å². The van der Waals surface area contributed by atoms with Crippen LogP contribution in [-0.2, 0) is 9.53 Å². The summed E-state index contributed by atoms with van der Waals surface area (Å²) in [6.07, 6.45) is 0.246. The summed E-state index contributed by atoms with van der Waals surface area (Å²) >= 11 is 0. The van der Waals surface area contributed by atoms with Crippen molar-refractivity contribution < 1.29 is 28.9 Å². The monoisotopic (exact) mass is 268 g/mol. The average Bonchev–Trinajstić information content (AvgIpc) is 2.44. The third-order valence-electron chi connectivity index (χ3n) is 2.48. The van der Waals surface area contributed by atoms with Crippen LogP contribution in [0.2, 0.25) is 0 Å². The molecular weight excluding hydrogens is 252 g/mol. The second-order valence-corrected chi connectivity index (χ2v) is 3.66. The van der Waals surface area contributed by atoms with E-state index in [0.29, 0.717) is 0 Å². The molecule has 1 rings (SSSR count). The van der Waals surface area contributed by atoms with Crippen LogP contribution in [0.4, 0.5) is 0 Å². The van der Waals surface area contributed by atoms with E-state index < -0.39 is 5.97 Å². The van der Waals surface area contributed by atoms with Crippen LogP contribution in [0, 0.1) is 0 Å². The van der Waals surface area contributed by atoms with E-state index in [9.17, 15) is 14.7 Å². The first-order valence-corrected chi connectivity index (χ1v) is 5.67. The summed E-state index contributed by atoms with van der Waals surface area (Å²) in [5, 5.41) is 9.72. The van der Waals surface area contributed by atoms with Crippen LogP contribution in [0.15, 0.2) is 12.1 Å². The molecule has 0 aliphatic carbocycles. The number of rotatable bonds is 6. The second-order valence-electron chi connectivity index (χ2n) is 3.66. The molecule has 0 heterocycles. The molecule has 104 valence electrons. The Bertz CT molecular complexity index is 480. The largest absolute Gasteiger partial charge is 0.507 e. The summed E-state index contributed by atoms with van der Waals surface area (Å²) in [4.78, 5) is 22.7. The highest BCUT2D eigenvalue weighted by Crippen LogP contribution is 2.34. The molecule has 19 heavy (non-hydrogen) atoms. The van der Waals surface area contributed by atoms with Crippen LogP contribution in [0.1, 0.15) is 23.7 Å². The highest BCUT2D eigenvalue weighted by Gasteiger charge is 2.16. The minimum Gasteiger partial charge on any atom is -0.507 e. The molecule has 0 amide bonds. The zero-order valence-electron chi connectivity index (χ0n) is 11.1. The van der Waals surface area contributed by atoms with E-state index in [1.165, 1.54) is 26.4 Å². The standard InChI is InChI=1S/C13H16O6/c1-4-9(14)8-5-12(19-7-13(16)18-3)11(17-2)6-10(8)15/h5-6,15H,4,7H2,1-3H3. The quantitative estimate of drug-likeness (QED) is 0.622. The first-order valence-electron chi connectivity index (χ1n) is 5.67. The van der Waals surface area contributed by atoms with E-state index in [4.69, 9.17) is 9.47 Å². The van der Waals surface area contributed by atoms with Gasteiger partial charge in [-0.2, -0.15) is 0 Å². The Kier molecular flexibility index (Phi) is 5.17. The Labute approximate surface area is 110 Å². The van der Waals surface area contributed by atoms with Crippen LogP contribution in [0.25, 0.3) is 0 Å². The van der Waals surface area contributed by atoms with Gasteiger partial charge in [0.1, 0.15) is 5.75 Å². The Balaban J connectivity index is 3.06. The molecule has 0 spiro atoms. The molecule has 0 aliphatic heterocycles. The Morgan fingerprint density at radius 3 is 2.42 bits per heavy atom. The maximum Gasteiger partial charge on any atom is 0.343 e. The number of phenols is 1. The van der Waals surface area contributed by atoms with E-state index in [-0.39, 0.29) is 41.6 Å². The van der Waals surface area contributed by atoms with E-state index >= 15 is 0 Å². The fraction of sp³-hybridized carbons (Fsp3) is 0.385. The SMILES string of the molecule is CCC(=O)c1cc(OCC(=O)OC)c(OC)cc1O. The molecule has 0 saturated heterocycles. The molecule has 0 bridgehead atoms. The number of benzene rings is 1. The second kappa shape index (κ2) is 6.63. The number of esters is 1. The lowest BCUT2D eigenvalue weighted by molar-refractivity contribution is -0.142. The Morgan fingerprint density at radius 1 is 1.21 bits per heavy atom. The molecular formula is C13H16O6. The molecule has 0 fully saturated rings. The number of methoxy groups -OCH3 is 2. The number of ether oxygens (including phenoxy) is 3. The van der Waals surface area contributed by atoms with Gasteiger partial charge in [0, 0.05) is 12.5 Å². The van der Waals surface area contributed by atoms with Gasteiger partial charge in [0.25, 0.3) is 0 Å². The summed E-state index contributed by atoms with van der Waals surface area (Å²) in [5.74, 6) is -0.549. The van der Waals surface area contributed by atoms with Crippen LogP contribution >= 0.6 is 0 Å². The van der Waals surface area contributed by atoms with Crippen molar-refractivity contribution in [3.05, 3.63) is 17.7 Å². The highest BCUT2D eigenvalue weighted by atomic mass is 16.6. The molecule has 1 aromatic rings. The first kappa shape index (κ1) is 14.8. The number of carbonyl (C=O) groups excluding carboxylic acids is 2. The molecule has 0 aromatic heterocycles. The Hall–Kier alpha value is -2.24. The van der Waals surface area contributed by atoms with Gasteiger partial charge >= 0.3 is 5.97 Å². The van der Waals surface area contributed by atoms with Gasteiger partial charge in [-0.05, 0) is 6.07 Å². The fourth-order valence-corrected chi connectivity index (χ4v) is 1.43. The number of aromatic hydroxyl groups is 1. The number of ketones is 1. The third kappa shape index (κ3) is 3.61. The average molecular weight is 268 g/mol. The van der Waals surface area contributed by atoms with E-state index in [0.717, 1.165) is 0 Å². The van der Waals surface area contributed by atoms with E-state index in [1.807, 2.05) is 0 Å². The van der Waals surface area contributed by atoms with Gasteiger partial charge in [0.15, 0.2) is 23.9 Å². The zero-order valence-corrected chi connectivity index (χ0v) is 11.1. The number of hydrogen-bond donors (Lipinski definition) is 1. The maximum atomic E-state index is 11.6. The summed E-state index contributed by atoms with van der Waals surface area (Å²) in [7, 11) is 2.63. The van der Waals surface area contributed by atoms with Gasteiger partial charge < -0.3 is 19.3 Å². The van der Waals surface area contributed by atoms with Crippen molar-refractivity contribution in [1.82, 2.24) is 0 Å². The topological polar surface area (TPSA) is 82.1 Å². The van der Waals surface area contributed by atoms with Crippen molar-refractivity contribution in [3.8, 4) is 17.2 Å². The summed E-state index contributed by atoms with van der Waals surface area (Å²) in [6.45, 7) is 1.37. The van der Waals surface area contributed by atoms with Gasteiger partial charge in [-0.25, -0.2) is 4.79 Å². The van der Waals surface area contributed by atoms with E-state index in [2.05, 4.69) is 4.74 Å². The van der Waals surface area contributed by atoms with Crippen molar-refractivity contribution in [3.63, 3.8) is 0 Å². The summed E-state index contributed by atoms with van der Waals surface area (Å²) < 4.78 is 14.7. The number of Topliss-reactive ketones (excluding diaryl/α,β-unsaturated/α-hetero) is 1. The minimum atomic E-state index is -0.557. The summed E-state index contributed by atoms with van der Waals surface area (Å²) in [5.41, 5.74) is 0.128. The predicted molar refractivity (Wildman–Crippen MR) is 66.8 cm³/mol. The van der Waals surface area contributed by atoms with Gasteiger partial charge in [-0.3, -0.25) is 4.79 Å². The molecule has 6 heteroatoms. The number of hydrogen-bond acceptors (Lipinski definition) is 6.